The van der Waals surface area contributed by atoms with Crippen molar-refractivity contribution in [2.24, 2.45) is 0 Å². The average Bonchev–Trinajstić information content (AvgIpc) is 3.54. The molecule has 0 radical (unpaired) electrons. The second-order valence-electron chi connectivity index (χ2n) is 16.7. The smallest absolute Gasteiger partial charge is 0.152 e. The van der Waals surface area contributed by atoms with Gasteiger partial charge in [0.25, 0.3) is 0 Å². The fourth-order valence-corrected chi connectivity index (χ4v) is 9.44. The zero-order chi connectivity index (χ0) is 40.3. The number of nitrogens with zero attached hydrogens (tertiary/aromatic N) is 1. The molecule has 0 fully saturated rings. The first-order chi connectivity index (χ1) is 28.8. The summed E-state index contributed by atoms with van der Waals surface area (Å²) in [5, 5.41) is 0. The van der Waals surface area contributed by atoms with Gasteiger partial charge in [-0.1, -0.05) is 169 Å². The van der Waals surface area contributed by atoms with Gasteiger partial charge < -0.3 is 9.64 Å². The number of anilines is 3. The van der Waals surface area contributed by atoms with Crippen LogP contribution in [-0.4, -0.2) is 0 Å². The van der Waals surface area contributed by atoms with Gasteiger partial charge in [-0.25, -0.2) is 0 Å². The predicted molar refractivity (Wildman–Crippen MR) is 247 cm³/mol. The molecule has 0 aromatic heterocycles. The van der Waals surface area contributed by atoms with Crippen LogP contribution >= 0.6 is 0 Å². The topological polar surface area (TPSA) is 12.5 Å². The van der Waals surface area contributed by atoms with E-state index in [1.54, 1.807) is 0 Å². The summed E-state index contributed by atoms with van der Waals surface area (Å²) in [6.07, 6.45) is 3.49. The minimum atomic E-state index is -0.475. The van der Waals surface area contributed by atoms with Gasteiger partial charge in [0, 0.05) is 5.69 Å². The van der Waals surface area contributed by atoms with E-state index in [2.05, 4.69) is 209 Å². The molecule has 0 N–H and O–H groups in total. The van der Waals surface area contributed by atoms with E-state index in [4.69, 9.17) is 4.74 Å². The highest BCUT2D eigenvalue weighted by atomic mass is 16.5. The molecule has 8 aromatic carbocycles. The van der Waals surface area contributed by atoms with Gasteiger partial charge in [-0.15, -0.1) is 0 Å². The molecule has 2 nitrogen and oxygen atoms in total. The SMILES string of the molecule is CCCCc1ccc(C2(c3ccc(N4c5ccc(-c6ccc(C)cc6)cc5Oc5cc(-c6ccc(C)cc6)ccc54)cc3)c3cc(C)ccc3-c3ccc(C)cc32)cc1. The number of unbranched alkanes of at least 4 members (excludes halogenated alkanes) is 1. The molecule has 59 heavy (non-hydrogen) atoms. The molecule has 0 bridgehead atoms. The Balaban J connectivity index is 1.14. The average molecular weight is 764 g/mol. The molecule has 10 rings (SSSR count). The Morgan fingerprint density at radius 1 is 0.441 bits per heavy atom. The minimum Gasteiger partial charge on any atom is -0.453 e. The molecule has 0 saturated carbocycles. The van der Waals surface area contributed by atoms with Crippen LogP contribution in [-0.2, 0) is 11.8 Å². The van der Waals surface area contributed by atoms with Crippen LogP contribution < -0.4 is 9.64 Å². The minimum absolute atomic E-state index is 0.475. The molecule has 0 amide bonds. The lowest BCUT2D eigenvalue weighted by molar-refractivity contribution is 0.477. The molecular weight excluding hydrogens is 715 g/mol. The van der Waals surface area contributed by atoms with Gasteiger partial charge >= 0.3 is 0 Å². The zero-order valence-corrected chi connectivity index (χ0v) is 34.6. The maximum Gasteiger partial charge on any atom is 0.152 e. The van der Waals surface area contributed by atoms with Crippen LogP contribution in [0.1, 0.15) is 69.8 Å². The molecule has 1 aliphatic carbocycles. The number of aryl methyl sites for hydroxylation is 5. The maximum atomic E-state index is 6.87. The zero-order valence-electron chi connectivity index (χ0n) is 34.6. The number of ether oxygens (including phenoxy) is 1. The number of benzene rings is 8. The Bertz CT molecular complexity index is 2700. The van der Waals surface area contributed by atoms with E-state index in [0.717, 1.165) is 46.1 Å². The molecule has 2 heteroatoms. The highest BCUT2D eigenvalue weighted by Crippen LogP contribution is 2.58. The van der Waals surface area contributed by atoms with Crippen molar-refractivity contribution < 1.29 is 4.74 Å². The quantitative estimate of drug-likeness (QED) is 0.153. The van der Waals surface area contributed by atoms with Crippen LogP contribution in [0.15, 0.2) is 170 Å². The van der Waals surface area contributed by atoms with Gasteiger partial charge in [-0.05, 0) is 138 Å². The van der Waals surface area contributed by atoms with Gasteiger partial charge in [0.2, 0.25) is 0 Å². The normalized spacial score (nSPS) is 13.3. The maximum absolute atomic E-state index is 6.87. The monoisotopic (exact) mass is 763 g/mol. The van der Waals surface area contributed by atoms with Crippen molar-refractivity contribution >= 4 is 17.1 Å². The fraction of sp³-hybridized carbons (Fsp3) is 0.158. The van der Waals surface area contributed by atoms with Crippen LogP contribution in [0.25, 0.3) is 33.4 Å². The van der Waals surface area contributed by atoms with Crippen molar-refractivity contribution in [3.63, 3.8) is 0 Å². The Hall–Kier alpha value is -6.64. The van der Waals surface area contributed by atoms with E-state index in [1.807, 2.05) is 0 Å². The Morgan fingerprint density at radius 3 is 1.36 bits per heavy atom. The van der Waals surface area contributed by atoms with Crippen molar-refractivity contribution in [2.45, 2.75) is 59.3 Å². The summed E-state index contributed by atoms with van der Waals surface area (Å²) in [7, 11) is 0. The lowest BCUT2D eigenvalue weighted by Gasteiger charge is -2.36. The lowest BCUT2D eigenvalue weighted by Crippen LogP contribution is -2.29. The number of hydrogen-bond acceptors (Lipinski definition) is 2. The Morgan fingerprint density at radius 2 is 0.881 bits per heavy atom. The van der Waals surface area contributed by atoms with Crippen LogP contribution in [0.5, 0.6) is 11.5 Å². The molecule has 0 spiro atoms. The molecule has 0 unspecified atom stereocenters. The van der Waals surface area contributed by atoms with E-state index in [-0.39, 0.29) is 0 Å². The molecule has 1 heterocycles. The molecule has 8 aromatic rings. The lowest BCUT2D eigenvalue weighted by atomic mass is 9.67. The van der Waals surface area contributed by atoms with Gasteiger partial charge in [0.05, 0.1) is 16.8 Å². The second kappa shape index (κ2) is 14.6. The summed E-state index contributed by atoms with van der Waals surface area (Å²) in [4.78, 5) is 2.37. The molecule has 0 saturated heterocycles. The molecule has 2 aliphatic rings. The molecule has 0 atom stereocenters. The van der Waals surface area contributed by atoms with E-state index >= 15 is 0 Å². The molecule has 1 aliphatic heterocycles. The van der Waals surface area contributed by atoms with E-state index in [1.165, 1.54) is 85.2 Å². The van der Waals surface area contributed by atoms with Crippen LogP contribution in [0.3, 0.4) is 0 Å². The number of rotatable bonds is 8. The Kier molecular flexibility index (Phi) is 9.10. The standard InChI is InChI=1S/C57H49NO/c1-6-7-8-41-15-23-46(24-16-41)57(51-33-39(4)13-29-49(51)50-30-14-40(5)34-52(50)57)47-25-27-48(28-26-47)58-53-31-21-44(42-17-9-37(2)10-18-42)35-55(53)59-56-36-45(22-32-54(56)58)43-19-11-38(3)12-20-43/h9-36H,6-8H2,1-5H3. The number of hydrogen-bond donors (Lipinski definition) is 0. The van der Waals surface area contributed by atoms with Gasteiger partial charge in [-0.2, -0.15) is 0 Å². The summed E-state index contributed by atoms with van der Waals surface area (Å²) in [6, 6.07) is 63.6. The highest BCUT2D eigenvalue weighted by Gasteiger charge is 2.46. The third kappa shape index (κ3) is 6.26. The van der Waals surface area contributed by atoms with E-state index in [0.29, 0.717) is 0 Å². The summed E-state index contributed by atoms with van der Waals surface area (Å²) >= 11 is 0. The Labute approximate surface area is 349 Å². The highest BCUT2D eigenvalue weighted by molar-refractivity contribution is 5.91. The van der Waals surface area contributed by atoms with Crippen molar-refractivity contribution in [1.82, 2.24) is 0 Å². The second-order valence-corrected chi connectivity index (χ2v) is 16.7. The summed E-state index contributed by atoms with van der Waals surface area (Å²) in [6.45, 7) is 11.0. The van der Waals surface area contributed by atoms with Crippen molar-refractivity contribution in [2.75, 3.05) is 4.90 Å². The van der Waals surface area contributed by atoms with Gasteiger partial charge in [0.1, 0.15) is 0 Å². The third-order valence-corrected chi connectivity index (χ3v) is 12.6. The fourth-order valence-electron chi connectivity index (χ4n) is 9.44. The number of fused-ring (bicyclic) bond motifs is 5. The van der Waals surface area contributed by atoms with Crippen molar-refractivity contribution in [3.05, 3.63) is 220 Å². The molecular formula is C57H49NO. The van der Waals surface area contributed by atoms with Gasteiger partial charge in [0.15, 0.2) is 11.5 Å². The van der Waals surface area contributed by atoms with Crippen LogP contribution in [0, 0.1) is 27.7 Å². The predicted octanol–water partition coefficient (Wildman–Crippen LogP) is 15.5. The molecule has 288 valence electrons. The summed E-state index contributed by atoms with van der Waals surface area (Å²) in [5.74, 6) is 1.68. The largest absolute Gasteiger partial charge is 0.453 e. The van der Waals surface area contributed by atoms with E-state index < -0.39 is 5.41 Å². The third-order valence-electron chi connectivity index (χ3n) is 12.6. The van der Waals surface area contributed by atoms with Crippen molar-refractivity contribution in [3.8, 4) is 44.9 Å². The van der Waals surface area contributed by atoms with Crippen LogP contribution in [0.2, 0.25) is 0 Å². The first kappa shape index (κ1) is 36.7. The first-order valence-corrected chi connectivity index (χ1v) is 21.1. The summed E-state index contributed by atoms with van der Waals surface area (Å²) in [5.41, 5.74) is 21.6. The van der Waals surface area contributed by atoms with E-state index in [9.17, 15) is 0 Å². The first-order valence-electron chi connectivity index (χ1n) is 21.1. The van der Waals surface area contributed by atoms with Crippen molar-refractivity contribution in [1.29, 1.82) is 0 Å². The van der Waals surface area contributed by atoms with Crippen LogP contribution in [0.4, 0.5) is 17.1 Å². The van der Waals surface area contributed by atoms with Gasteiger partial charge in [-0.3, -0.25) is 0 Å². The summed E-state index contributed by atoms with van der Waals surface area (Å²) < 4.78 is 6.87.